The van der Waals surface area contributed by atoms with Gasteiger partial charge in [-0.15, -0.1) is 0 Å². The van der Waals surface area contributed by atoms with E-state index in [1.54, 1.807) is 6.07 Å². The van der Waals surface area contributed by atoms with Crippen LogP contribution < -0.4 is 11.0 Å². The Morgan fingerprint density at radius 1 is 0.951 bits per heavy atom. The second-order valence-electron chi connectivity index (χ2n) is 10.5. The van der Waals surface area contributed by atoms with Crippen LogP contribution in [0.3, 0.4) is 0 Å². The van der Waals surface area contributed by atoms with Gasteiger partial charge in [-0.2, -0.15) is 10.2 Å². The highest BCUT2D eigenvalue weighted by atomic mass is 35.5. The van der Waals surface area contributed by atoms with Gasteiger partial charge in [-0.1, -0.05) is 72.3 Å². The van der Waals surface area contributed by atoms with Crippen LogP contribution in [0.25, 0.3) is 32.9 Å². The molecule has 3 heterocycles. The quantitative estimate of drug-likeness (QED) is 0.226. The van der Waals surface area contributed by atoms with Gasteiger partial charge < -0.3 is 10.4 Å². The molecule has 2 N–H and O–H groups in total. The van der Waals surface area contributed by atoms with E-state index in [0.717, 1.165) is 61.9 Å². The van der Waals surface area contributed by atoms with Crippen molar-refractivity contribution in [2.24, 2.45) is 5.10 Å². The van der Waals surface area contributed by atoms with Crippen LogP contribution in [0, 0.1) is 0 Å². The summed E-state index contributed by atoms with van der Waals surface area (Å²) in [6, 6.07) is 30.8. The summed E-state index contributed by atoms with van der Waals surface area (Å²) >= 11 is 6.40. The molecule has 6 nitrogen and oxygen atoms in total. The maximum atomic E-state index is 13.5. The molecular weight excluding hydrogens is 530 g/mol. The summed E-state index contributed by atoms with van der Waals surface area (Å²) in [5.74, 6) is 0. The van der Waals surface area contributed by atoms with E-state index < -0.39 is 0 Å². The summed E-state index contributed by atoms with van der Waals surface area (Å²) in [4.78, 5) is 16.5. The first kappa shape index (κ1) is 25.3. The first-order chi connectivity index (χ1) is 20.1. The largest absolute Gasteiger partial charge is 0.321 e. The zero-order chi connectivity index (χ0) is 27.9. The summed E-state index contributed by atoms with van der Waals surface area (Å²) in [6.45, 7) is 2.95. The van der Waals surface area contributed by atoms with Crippen molar-refractivity contribution in [3.05, 3.63) is 135 Å². The number of hydrogen-bond donors (Lipinski definition) is 2. The molecule has 0 fully saturated rings. The Bertz CT molecular complexity index is 1990. The lowest BCUT2D eigenvalue weighted by Crippen LogP contribution is -2.21. The number of nitrogens with zero attached hydrogens (tertiary/aromatic N) is 3. The molecule has 1 unspecified atom stereocenters. The van der Waals surface area contributed by atoms with Gasteiger partial charge in [-0.05, 0) is 71.5 Å². The predicted molar refractivity (Wildman–Crippen MR) is 167 cm³/mol. The summed E-state index contributed by atoms with van der Waals surface area (Å²) in [5, 5.41) is 11.9. The molecule has 0 saturated heterocycles. The Balaban J connectivity index is 1.19. The molecule has 1 aliphatic heterocycles. The molecule has 0 radical (unpaired) electrons. The molecule has 202 valence electrons. The van der Waals surface area contributed by atoms with E-state index in [0.29, 0.717) is 23.4 Å². The second-order valence-corrected chi connectivity index (χ2v) is 10.9. The minimum atomic E-state index is -0.135. The lowest BCUT2D eigenvalue weighted by molar-refractivity contribution is 0.620. The molecule has 0 saturated carbocycles. The minimum absolute atomic E-state index is 0.0247. The van der Waals surface area contributed by atoms with Gasteiger partial charge in [-0.3, -0.25) is 9.48 Å². The fourth-order valence-corrected chi connectivity index (χ4v) is 6.01. The van der Waals surface area contributed by atoms with Crippen molar-refractivity contribution in [2.75, 3.05) is 0 Å². The lowest BCUT2D eigenvalue weighted by Gasteiger charge is -2.14. The molecule has 1 atom stereocenters. The van der Waals surface area contributed by atoms with E-state index in [1.807, 2.05) is 41.2 Å². The van der Waals surface area contributed by atoms with Crippen LogP contribution >= 0.6 is 11.6 Å². The van der Waals surface area contributed by atoms with E-state index in [1.165, 1.54) is 0 Å². The topological polar surface area (TPSA) is 75.1 Å². The van der Waals surface area contributed by atoms with Gasteiger partial charge in [0.05, 0.1) is 29.0 Å². The Morgan fingerprint density at radius 2 is 1.76 bits per heavy atom. The Labute approximate surface area is 242 Å². The minimum Gasteiger partial charge on any atom is -0.321 e. The number of hydrazone groups is 1. The Morgan fingerprint density at radius 3 is 2.56 bits per heavy atom. The summed E-state index contributed by atoms with van der Waals surface area (Å²) in [5.41, 5.74) is 11.9. The van der Waals surface area contributed by atoms with Gasteiger partial charge in [0, 0.05) is 34.3 Å². The molecule has 0 amide bonds. The number of rotatable bonds is 6. The number of aromatic amines is 1. The van der Waals surface area contributed by atoms with Gasteiger partial charge in [0.15, 0.2) is 0 Å². The van der Waals surface area contributed by atoms with E-state index in [4.69, 9.17) is 11.6 Å². The van der Waals surface area contributed by atoms with Crippen LogP contribution in [-0.4, -0.2) is 20.5 Å². The number of halogens is 1. The van der Waals surface area contributed by atoms with Gasteiger partial charge in [0.25, 0.3) is 5.56 Å². The molecule has 41 heavy (non-hydrogen) atoms. The van der Waals surface area contributed by atoms with E-state index in [9.17, 15) is 4.79 Å². The van der Waals surface area contributed by atoms with Crippen LogP contribution in [0.5, 0.6) is 0 Å². The third-order valence-electron chi connectivity index (χ3n) is 7.94. The standard InChI is InChI=1S/C34H28ClN5O/c1-2-40-32-15-12-24(17-25(32)20-36-40)22-8-10-23(11-9-22)30-19-31(39-38-30)33-28(16-21-6-4-3-5-7-21)27-18-26(35)13-14-29(27)37-34(33)41/h3-15,17-18,20,30,38H,2,16,19H2,1H3,(H,37,41). The van der Waals surface area contributed by atoms with Gasteiger partial charge in [0.2, 0.25) is 0 Å². The predicted octanol–water partition coefficient (Wildman–Crippen LogP) is 7.25. The fraction of sp³-hybridized carbons (Fsp3) is 0.147. The van der Waals surface area contributed by atoms with E-state index in [-0.39, 0.29) is 11.6 Å². The third kappa shape index (κ3) is 4.70. The Kier molecular flexibility index (Phi) is 6.40. The molecule has 2 aromatic heterocycles. The molecule has 6 aromatic rings. The van der Waals surface area contributed by atoms with Gasteiger partial charge in [-0.25, -0.2) is 0 Å². The van der Waals surface area contributed by atoms with E-state index in [2.05, 4.69) is 82.1 Å². The number of fused-ring (bicyclic) bond motifs is 2. The SMILES string of the molecule is CCn1ncc2cc(-c3ccc(C4CC(c5c(Cc6ccccc6)c6cc(Cl)ccc6[nH]c5=O)=NN4)cc3)ccc21. The fourth-order valence-electron chi connectivity index (χ4n) is 5.84. The lowest BCUT2D eigenvalue weighted by atomic mass is 9.91. The number of H-pyrrole nitrogens is 1. The van der Waals surface area contributed by atoms with Crippen molar-refractivity contribution in [2.45, 2.75) is 32.4 Å². The molecule has 0 bridgehead atoms. The number of aromatic nitrogens is 3. The highest BCUT2D eigenvalue weighted by Crippen LogP contribution is 2.31. The molecule has 0 aliphatic carbocycles. The van der Waals surface area contributed by atoms with Crippen molar-refractivity contribution in [1.82, 2.24) is 20.2 Å². The second kappa shape index (κ2) is 10.4. The zero-order valence-corrected chi connectivity index (χ0v) is 23.3. The van der Waals surface area contributed by atoms with Crippen molar-refractivity contribution >= 4 is 39.1 Å². The number of aryl methyl sites for hydroxylation is 1. The maximum Gasteiger partial charge on any atom is 0.257 e. The van der Waals surface area contributed by atoms with Crippen molar-refractivity contribution in [3.8, 4) is 11.1 Å². The Hall–Kier alpha value is -4.68. The maximum absolute atomic E-state index is 13.5. The molecule has 7 rings (SSSR count). The van der Waals surface area contributed by atoms with Crippen molar-refractivity contribution in [3.63, 3.8) is 0 Å². The number of nitrogens with one attached hydrogen (secondary N) is 2. The highest BCUT2D eigenvalue weighted by Gasteiger charge is 2.26. The summed E-state index contributed by atoms with van der Waals surface area (Å²) < 4.78 is 2.01. The summed E-state index contributed by atoms with van der Waals surface area (Å²) in [6.07, 6.45) is 3.14. The first-order valence-electron chi connectivity index (χ1n) is 13.8. The normalized spacial score (nSPS) is 14.9. The number of hydrogen-bond acceptors (Lipinski definition) is 4. The van der Waals surface area contributed by atoms with Crippen LogP contribution in [0.15, 0.2) is 107 Å². The summed E-state index contributed by atoms with van der Waals surface area (Å²) in [7, 11) is 0. The van der Waals surface area contributed by atoms with Gasteiger partial charge >= 0.3 is 0 Å². The first-order valence-corrected chi connectivity index (χ1v) is 14.2. The average molecular weight is 558 g/mol. The smallest absolute Gasteiger partial charge is 0.257 e. The zero-order valence-electron chi connectivity index (χ0n) is 22.6. The third-order valence-corrected chi connectivity index (χ3v) is 8.17. The number of pyridine rings is 1. The van der Waals surface area contributed by atoms with Crippen LogP contribution in [0.4, 0.5) is 0 Å². The van der Waals surface area contributed by atoms with Crippen molar-refractivity contribution < 1.29 is 0 Å². The number of benzene rings is 4. The van der Waals surface area contributed by atoms with Gasteiger partial charge in [0.1, 0.15) is 0 Å². The monoisotopic (exact) mass is 557 g/mol. The average Bonchev–Trinajstić information content (AvgIpc) is 3.65. The molecule has 4 aromatic carbocycles. The van der Waals surface area contributed by atoms with Crippen molar-refractivity contribution in [1.29, 1.82) is 0 Å². The van der Waals surface area contributed by atoms with Crippen LogP contribution in [0.1, 0.15) is 41.6 Å². The van der Waals surface area contributed by atoms with Crippen LogP contribution in [-0.2, 0) is 13.0 Å². The van der Waals surface area contributed by atoms with E-state index >= 15 is 0 Å². The van der Waals surface area contributed by atoms with Crippen LogP contribution in [0.2, 0.25) is 5.02 Å². The molecule has 1 aliphatic rings. The highest BCUT2D eigenvalue weighted by molar-refractivity contribution is 6.31. The molecule has 7 heteroatoms. The molecular formula is C34H28ClN5O. The molecule has 0 spiro atoms.